The zero-order valence-corrected chi connectivity index (χ0v) is 10.8. The maximum absolute atomic E-state index is 3.33. The molecule has 2 nitrogen and oxygen atoms in total. The number of likely N-dealkylation sites (N-methyl/N-ethyl adjacent to an activating group) is 1. The predicted octanol–water partition coefficient (Wildman–Crippen LogP) is 2.64. The Kier molecular flexibility index (Phi) is 6.26. The molecule has 2 unspecified atom stereocenters. The lowest BCUT2D eigenvalue weighted by atomic mass is 10.0. The van der Waals surface area contributed by atoms with Crippen LogP contribution < -0.4 is 5.32 Å². The van der Waals surface area contributed by atoms with Gasteiger partial charge in [0.05, 0.1) is 0 Å². The van der Waals surface area contributed by atoms with E-state index in [0.29, 0.717) is 0 Å². The number of likely N-dealkylation sites (tertiary alicyclic amines) is 1. The van der Waals surface area contributed by atoms with Crippen molar-refractivity contribution in [2.45, 2.75) is 64.5 Å². The van der Waals surface area contributed by atoms with Gasteiger partial charge in [0.1, 0.15) is 0 Å². The lowest BCUT2D eigenvalue weighted by Crippen LogP contribution is -2.43. The Morgan fingerprint density at radius 3 is 2.80 bits per heavy atom. The molecule has 2 heteroatoms. The van der Waals surface area contributed by atoms with E-state index in [1.54, 1.807) is 0 Å². The molecule has 1 saturated heterocycles. The average molecular weight is 212 g/mol. The molecular weight excluding hydrogens is 184 g/mol. The van der Waals surface area contributed by atoms with E-state index >= 15 is 0 Å². The molecule has 1 rings (SSSR count). The summed E-state index contributed by atoms with van der Waals surface area (Å²) in [6.45, 7) is 7.13. The summed E-state index contributed by atoms with van der Waals surface area (Å²) in [5.41, 5.74) is 0. The zero-order valence-electron chi connectivity index (χ0n) is 10.8. The van der Waals surface area contributed by atoms with Gasteiger partial charge in [-0.3, -0.25) is 4.90 Å². The predicted molar refractivity (Wildman–Crippen MR) is 67.3 cm³/mol. The molecule has 0 spiro atoms. The Balaban J connectivity index is 2.42. The number of hydrogen-bond donors (Lipinski definition) is 1. The van der Waals surface area contributed by atoms with Gasteiger partial charge in [0.2, 0.25) is 0 Å². The SMILES string of the molecule is CCCCC(CC)N1CCCC1CNC. The molecule has 2 atom stereocenters. The maximum atomic E-state index is 3.33. The molecule has 1 N–H and O–H groups in total. The fourth-order valence-corrected chi connectivity index (χ4v) is 2.84. The van der Waals surface area contributed by atoms with Crippen LogP contribution in [0.2, 0.25) is 0 Å². The maximum Gasteiger partial charge on any atom is 0.0223 e. The van der Waals surface area contributed by atoms with Crippen LogP contribution >= 0.6 is 0 Å². The van der Waals surface area contributed by atoms with Crippen molar-refractivity contribution in [1.82, 2.24) is 10.2 Å². The molecule has 0 aromatic rings. The van der Waals surface area contributed by atoms with Crippen molar-refractivity contribution in [3.63, 3.8) is 0 Å². The number of hydrogen-bond acceptors (Lipinski definition) is 2. The quantitative estimate of drug-likeness (QED) is 0.698. The van der Waals surface area contributed by atoms with Gasteiger partial charge < -0.3 is 5.32 Å². The Bertz CT molecular complexity index is 159. The molecule has 0 aromatic carbocycles. The molecule has 1 aliphatic rings. The number of unbranched alkanes of at least 4 members (excludes halogenated alkanes) is 1. The topological polar surface area (TPSA) is 15.3 Å². The number of rotatable bonds is 7. The Labute approximate surface area is 95.4 Å². The fraction of sp³-hybridized carbons (Fsp3) is 1.00. The Morgan fingerprint density at radius 1 is 1.40 bits per heavy atom. The van der Waals surface area contributed by atoms with Gasteiger partial charge in [0, 0.05) is 18.6 Å². The largest absolute Gasteiger partial charge is 0.318 e. The lowest BCUT2D eigenvalue weighted by Gasteiger charge is -2.32. The first kappa shape index (κ1) is 13.0. The van der Waals surface area contributed by atoms with Crippen molar-refractivity contribution in [2.24, 2.45) is 0 Å². The minimum absolute atomic E-state index is 0.803. The van der Waals surface area contributed by atoms with Gasteiger partial charge in [-0.25, -0.2) is 0 Å². The van der Waals surface area contributed by atoms with Gasteiger partial charge in [0.15, 0.2) is 0 Å². The van der Waals surface area contributed by atoms with Gasteiger partial charge >= 0.3 is 0 Å². The summed E-state index contributed by atoms with van der Waals surface area (Å²) in [5, 5.41) is 3.33. The van der Waals surface area contributed by atoms with Gasteiger partial charge in [-0.1, -0.05) is 26.7 Å². The summed E-state index contributed by atoms with van der Waals surface area (Å²) in [6.07, 6.45) is 8.23. The summed E-state index contributed by atoms with van der Waals surface area (Å²) in [5.74, 6) is 0. The van der Waals surface area contributed by atoms with E-state index in [0.717, 1.165) is 12.1 Å². The third kappa shape index (κ3) is 3.76. The van der Waals surface area contributed by atoms with Crippen LogP contribution in [0.3, 0.4) is 0 Å². The molecule has 0 aliphatic carbocycles. The molecule has 1 aliphatic heterocycles. The minimum atomic E-state index is 0.803. The summed E-state index contributed by atoms with van der Waals surface area (Å²) in [4.78, 5) is 2.76. The molecule has 0 aromatic heterocycles. The van der Waals surface area contributed by atoms with Gasteiger partial charge in [0.25, 0.3) is 0 Å². The van der Waals surface area contributed by atoms with E-state index < -0.39 is 0 Å². The van der Waals surface area contributed by atoms with Crippen LogP contribution in [-0.2, 0) is 0 Å². The summed E-state index contributed by atoms with van der Waals surface area (Å²) < 4.78 is 0. The van der Waals surface area contributed by atoms with Gasteiger partial charge in [-0.2, -0.15) is 0 Å². The zero-order chi connectivity index (χ0) is 11.1. The second kappa shape index (κ2) is 7.24. The highest BCUT2D eigenvalue weighted by Crippen LogP contribution is 2.23. The van der Waals surface area contributed by atoms with Crippen molar-refractivity contribution in [3.8, 4) is 0 Å². The Hall–Kier alpha value is -0.0800. The standard InChI is InChI=1S/C13H28N2/c1-4-6-8-12(5-2)15-10-7-9-13(15)11-14-3/h12-14H,4-11H2,1-3H3. The fourth-order valence-electron chi connectivity index (χ4n) is 2.84. The monoisotopic (exact) mass is 212 g/mol. The molecule has 0 radical (unpaired) electrons. The van der Waals surface area contributed by atoms with Crippen molar-refractivity contribution >= 4 is 0 Å². The molecular formula is C13H28N2. The Morgan fingerprint density at radius 2 is 2.20 bits per heavy atom. The van der Waals surface area contributed by atoms with E-state index in [4.69, 9.17) is 0 Å². The second-order valence-corrected chi connectivity index (χ2v) is 4.80. The first-order chi connectivity index (χ1) is 7.33. The van der Waals surface area contributed by atoms with Gasteiger partial charge in [-0.05, 0) is 39.3 Å². The summed E-state index contributed by atoms with van der Waals surface area (Å²) in [6, 6.07) is 1.64. The molecule has 0 saturated carbocycles. The van der Waals surface area contributed by atoms with E-state index in [1.165, 1.54) is 51.6 Å². The van der Waals surface area contributed by atoms with Crippen molar-refractivity contribution in [2.75, 3.05) is 20.1 Å². The first-order valence-electron chi connectivity index (χ1n) is 6.73. The molecule has 0 amide bonds. The highest BCUT2D eigenvalue weighted by molar-refractivity contribution is 4.85. The van der Waals surface area contributed by atoms with Crippen molar-refractivity contribution in [1.29, 1.82) is 0 Å². The molecule has 90 valence electrons. The minimum Gasteiger partial charge on any atom is -0.318 e. The highest BCUT2D eigenvalue weighted by Gasteiger charge is 2.28. The van der Waals surface area contributed by atoms with Crippen molar-refractivity contribution in [3.05, 3.63) is 0 Å². The van der Waals surface area contributed by atoms with Crippen LogP contribution in [-0.4, -0.2) is 37.1 Å². The van der Waals surface area contributed by atoms with E-state index in [2.05, 4.69) is 31.1 Å². The molecule has 1 fully saturated rings. The summed E-state index contributed by atoms with van der Waals surface area (Å²) in [7, 11) is 2.07. The van der Waals surface area contributed by atoms with E-state index in [9.17, 15) is 0 Å². The van der Waals surface area contributed by atoms with E-state index in [1.807, 2.05) is 0 Å². The molecule has 1 heterocycles. The first-order valence-corrected chi connectivity index (χ1v) is 6.73. The van der Waals surface area contributed by atoms with Crippen LogP contribution in [0.25, 0.3) is 0 Å². The average Bonchev–Trinajstić information content (AvgIpc) is 2.68. The third-order valence-corrected chi connectivity index (χ3v) is 3.69. The smallest absolute Gasteiger partial charge is 0.0223 e. The number of nitrogens with one attached hydrogen (secondary N) is 1. The normalized spacial score (nSPS) is 24.6. The summed E-state index contributed by atoms with van der Waals surface area (Å²) >= 11 is 0. The third-order valence-electron chi connectivity index (χ3n) is 3.69. The highest BCUT2D eigenvalue weighted by atomic mass is 15.2. The van der Waals surface area contributed by atoms with Crippen LogP contribution in [0.1, 0.15) is 52.4 Å². The van der Waals surface area contributed by atoms with E-state index in [-0.39, 0.29) is 0 Å². The van der Waals surface area contributed by atoms with Crippen molar-refractivity contribution < 1.29 is 0 Å². The van der Waals surface area contributed by atoms with Crippen LogP contribution in [0.5, 0.6) is 0 Å². The van der Waals surface area contributed by atoms with Crippen LogP contribution in [0, 0.1) is 0 Å². The van der Waals surface area contributed by atoms with Crippen LogP contribution in [0.15, 0.2) is 0 Å². The second-order valence-electron chi connectivity index (χ2n) is 4.80. The lowest BCUT2D eigenvalue weighted by molar-refractivity contribution is 0.162. The number of nitrogens with zero attached hydrogens (tertiary/aromatic N) is 1. The van der Waals surface area contributed by atoms with Crippen LogP contribution in [0.4, 0.5) is 0 Å². The molecule has 0 bridgehead atoms. The molecule has 15 heavy (non-hydrogen) atoms. The van der Waals surface area contributed by atoms with Gasteiger partial charge in [-0.15, -0.1) is 0 Å².